The van der Waals surface area contributed by atoms with E-state index in [4.69, 9.17) is 10.5 Å². The third-order valence-electron chi connectivity index (χ3n) is 8.38. The number of aliphatic hydroxyl groups is 1. The van der Waals surface area contributed by atoms with Gasteiger partial charge >= 0.3 is 0 Å². The summed E-state index contributed by atoms with van der Waals surface area (Å²) in [5.41, 5.74) is 7.54. The fourth-order valence-electron chi connectivity index (χ4n) is 5.44. The molecule has 0 bridgehead atoms. The Kier molecular flexibility index (Phi) is 12.6. The zero-order valence-electron chi connectivity index (χ0n) is 27.6. The van der Waals surface area contributed by atoms with E-state index in [1.165, 1.54) is 23.5 Å². The van der Waals surface area contributed by atoms with Gasteiger partial charge in [-0.05, 0) is 62.2 Å². The van der Waals surface area contributed by atoms with Gasteiger partial charge < -0.3 is 31.1 Å². The molecule has 3 aromatic rings. The number of sulfonamides is 1. The van der Waals surface area contributed by atoms with Gasteiger partial charge in [0.25, 0.3) is 5.91 Å². The van der Waals surface area contributed by atoms with E-state index in [-0.39, 0.29) is 66.0 Å². The number of aliphatic hydroxyl groups excluding tert-OH is 1. The van der Waals surface area contributed by atoms with Crippen LogP contribution in [0.25, 0.3) is 0 Å². The van der Waals surface area contributed by atoms with Crippen molar-refractivity contribution >= 4 is 44.8 Å². The topological polar surface area (TPSA) is 171 Å². The van der Waals surface area contributed by atoms with E-state index in [0.717, 1.165) is 0 Å². The number of nitrogens with one attached hydrogen (secondary N) is 2. The summed E-state index contributed by atoms with van der Waals surface area (Å²) in [6, 6.07) is 19.4. The summed E-state index contributed by atoms with van der Waals surface area (Å²) in [4.78, 5) is 40.5. The number of rotatable bonds is 14. The normalized spacial score (nSPS) is 17.1. The lowest BCUT2D eigenvalue weighted by Crippen LogP contribution is -2.50. The van der Waals surface area contributed by atoms with Crippen molar-refractivity contribution in [1.82, 2.24) is 9.21 Å². The van der Waals surface area contributed by atoms with Crippen molar-refractivity contribution < 1.29 is 32.6 Å². The number of fused-ring (bicyclic) bond motifs is 1. The number of para-hydroxylation sites is 2. The lowest BCUT2D eigenvalue weighted by atomic mass is 9.99. The van der Waals surface area contributed by atoms with Crippen LogP contribution in [0.2, 0.25) is 0 Å². The number of unbranched alkanes of at least 4 members (excludes halogenated alkanes) is 2. The molecule has 12 nitrogen and oxygen atoms in total. The second kappa shape index (κ2) is 16.6. The lowest BCUT2D eigenvalue weighted by molar-refractivity contribution is -0.116. The van der Waals surface area contributed by atoms with Gasteiger partial charge in [-0.1, -0.05) is 43.7 Å². The monoisotopic (exact) mass is 679 g/mol. The van der Waals surface area contributed by atoms with Crippen LogP contribution in [0.4, 0.5) is 17.1 Å². The zero-order valence-corrected chi connectivity index (χ0v) is 28.4. The highest BCUT2D eigenvalue weighted by atomic mass is 32.2. The maximum atomic E-state index is 13.8. The molecule has 1 heterocycles. The average Bonchev–Trinajstić information content (AvgIpc) is 3.07. The standard InChI is InChI=1S/C35H45N5O7S/c1-24-21-40(25(2)23-41)35(44)28-20-26(37-33(42)16-8-5-9-17-34(43)38-30-15-11-10-14-29(30)36)18-19-31(28)47-32(24)22-39(3)48(45,46)27-12-6-4-7-13-27/h4,6-7,10-15,18-20,24-25,32,41H,5,8-9,16-17,21-23,36H2,1-3H3,(H,37,42)(H,38,43)/t24-,25+,32-/m1/s1. The molecule has 0 fully saturated rings. The fraction of sp³-hybridized carbons (Fsp3) is 0.400. The van der Waals surface area contributed by atoms with Crippen LogP contribution in [-0.2, 0) is 19.6 Å². The molecule has 1 aliphatic rings. The molecule has 0 aromatic heterocycles. The van der Waals surface area contributed by atoms with Crippen LogP contribution in [0.1, 0.15) is 56.3 Å². The van der Waals surface area contributed by atoms with Gasteiger partial charge in [0.2, 0.25) is 21.8 Å². The summed E-state index contributed by atoms with van der Waals surface area (Å²) in [6.45, 7) is 3.59. The number of benzene rings is 3. The van der Waals surface area contributed by atoms with Crippen LogP contribution in [0.15, 0.2) is 77.7 Å². The molecule has 0 aliphatic carbocycles. The van der Waals surface area contributed by atoms with Gasteiger partial charge in [-0.25, -0.2) is 8.42 Å². The minimum absolute atomic E-state index is 0.0217. The first kappa shape index (κ1) is 36.4. The molecule has 258 valence electrons. The van der Waals surface area contributed by atoms with Crippen molar-refractivity contribution in [3.63, 3.8) is 0 Å². The highest BCUT2D eigenvalue weighted by Crippen LogP contribution is 2.31. The summed E-state index contributed by atoms with van der Waals surface area (Å²) in [5, 5.41) is 15.6. The van der Waals surface area contributed by atoms with E-state index in [9.17, 15) is 27.9 Å². The largest absolute Gasteiger partial charge is 0.488 e. The molecule has 4 rings (SSSR count). The summed E-state index contributed by atoms with van der Waals surface area (Å²) in [5.74, 6) is -0.780. The summed E-state index contributed by atoms with van der Waals surface area (Å²) in [6.07, 6.45) is 1.76. The minimum atomic E-state index is -3.80. The number of carbonyl (C=O) groups is 3. The van der Waals surface area contributed by atoms with Crippen LogP contribution in [0.5, 0.6) is 5.75 Å². The Balaban J connectivity index is 1.40. The molecule has 0 saturated heterocycles. The molecular formula is C35H45N5O7S. The average molecular weight is 680 g/mol. The van der Waals surface area contributed by atoms with E-state index < -0.39 is 22.2 Å². The molecule has 5 N–H and O–H groups in total. The van der Waals surface area contributed by atoms with Gasteiger partial charge in [0.1, 0.15) is 11.9 Å². The maximum Gasteiger partial charge on any atom is 0.258 e. The number of hydrogen-bond donors (Lipinski definition) is 4. The van der Waals surface area contributed by atoms with Crippen molar-refractivity contribution in [2.75, 3.05) is 43.1 Å². The summed E-state index contributed by atoms with van der Waals surface area (Å²) >= 11 is 0. The molecule has 0 saturated carbocycles. The fourth-order valence-corrected chi connectivity index (χ4v) is 6.64. The predicted octanol–water partition coefficient (Wildman–Crippen LogP) is 4.34. The van der Waals surface area contributed by atoms with E-state index in [2.05, 4.69) is 10.6 Å². The minimum Gasteiger partial charge on any atom is -0.488 e. The molecule has 0 spiro atoms. The maximum absolute atomic E-state index is 13.8. The smallest absolute Gasteiger partial charge is 0.258 e. The predicted molar refractivity (Wildman–Crippen MR) is 185 cm³/mol. The Hall–Kier alpha value is -4.46. The lowest BCUT2D eigenvalue weighted by Gasteiger charge is -2.38. The Morgan fingerprint density at radius 1 is 1.00 bits per heavy atom. The van der Waals surface area contributed by atoms with E-state index in [1.54, 1.807) is 72.5 Å². The number of nitrogen functional groups attached to an aromatic ring is 1. The second-order valence-corrected chi connectivity index (χ2v) is 14.2. The Morgan fingerprint density at radius 3 is 2.31 bits per heavy atom. The molecular weight excluding hydrogens is 634 g/mol. The molecule has 13 heteroatoms. The molecule has 0 unspecified atom stereocenters. The van der Waals surface area contributed by atoms with Gasteiger partial charge in [0.15, 0.2) is 0 Å². The summed E-state index contributed by atoms with van der Waals surface area (Å²) in [7, 11) is -2.30. The quantitative estimate of drug-likeness (QED) is 0.144. The number of hydrogen-bond acceptors (Lipinski definition) is 8. The summed E-state index contributed by atoms with van der Waals surface area (Å²) < 4.78 is 34.1. The van der Waals surface area contributed by atoms with Gasteiger partial charge in [0, 0.05) is 38.0 Å². The number of ether oxygens (including phenoxy) is 1. The molecule has 48 heavy (non-hydrogen) atoms. The first-order valence-corrected chi connectivity index (χ1v) is 17.5. The number of nitrogens with zero attached hydrogens (tertiary/aromatic N) is 2. The van der Waals surface area contributed by atoms with Gasteiger partial charge in [0.05, 0.1) is 41.0 Å². The highest BCUT2D eigenvalue weighted by molar-refractivity contribution is 7.89. The van der Waals surface area contributed by atoms with Crippen LogP contribution in [0, 0.1) is 5.92 Å². The number of likely N-dealkylation sites (N-methyl/N-ethyl adjacent to an activating group) is 1. The van der Waals surface area contributed by atoms with Crippen molar-refractivity contribution in [3.05, 3.63) is 78.4 Å². The Labute approximate surface area is 282 Å². The van der Waals surface area contributed by atoms with Gasteiger partial charge in [-0.15, -0.1) is 0 Å². The highest BCUT2D eigenvalue weighted by Gasteiger charge is 2.35. The number of nitrogens with two attached hydrogens (primary N) is 1. The number of anilines is 3. The van der Waals surface area contributed by atoms with Gasteiger partial charge in [-0.3, -0.25) is 14.4 Å². The van der Waals surface area contributed by atoms with Gasteiger partial charge in [-0.2, -0.15) is 4.31 Å². The van der Waals surface area contributed by atoms with Crippen molar-refractivity contribution in [2.45, 2.75) is 63.0 Å². The molecule has 1 aliphatic heterocycles. The SMILES string of the molecule is C[C@@H]1CN([C@@H](C)CO)C(=O)c2cc(NC(=O)CCCCCC(=O)Nc3ccccc3N)ccc2O[C@@H]1CN(C)S(=O)(=O)c1ccccc1. The van der Waals surface area contributed by atoms with E-state index >= 15 is 0 Å². The first-order valence-electron chi connectivity index (χ1n) is 16.1. The number of carbonyl (C=O) groups excluding carboxylic acids is 3. The second-order valence-electron chi connectivity index (χ2n) is 12.2. The van der Waals surface area contributed by atoms with Crippen LogP contribution in [0.3, 0.4) is 0 Å². The zero-order chi connectivity index (χ0) is 34.8. The first-order chi connectivity index (χ1) is 22.9. The van der Waals surface area contributed by atoms with E-state index in [1.807, 2.05) is 6.92 Å². The molecule has 0 radical (unpaired) electrons. The molecule has 3 amide bonds. The number of amides is 3. The van der Waals surface area contributed by atoms with Crippen LogP contribution < -0.4 is 21.1 Å². The van der Waals surface area contributed by atoms with Crippen molar-refractivity contribution in [3.8, 4) is 5.75 Å². The van der Waals surface area contributed by atoms with Crippen LogP contribution >= 0.6 is 0 Å². The molecule has 3 atom stereocenters. The molecule has 3 aromatic carbocycles. The van der Waals surface area contributed by atoms with E-state index in [0.29, 0.717) is 42.7 Å². The van der Waals surface area contributed by atoms with Crippen LogP contribution in [-0.4, -0.2) is 79.3 Å². The Morgan fingerprint density at radius 2 is 1.65 bits per heavy atom. The Bertz CT molecular complexity index is 1690. The third kappa shape index (κ3) is 9.33. The van der Waals surface area contributed by atoms with Crippen molar-refractivity contribution in [1.29, 1.82) is 0 Å². The van der Waals surface area contributed by atoms with Crippen molar-refractivity contribution in [2.24, 2.45) is 5.92 Å². The third-order valence-corrected chi connectivity index (χ3v) is 10.2.